The number of aryl methyl sites for hydroxylation is 1. The molecule has 0 radical (unpaired) electrons. The molecule has 1 atom stereocenters. The zero-order valence-corrected chi connectivity index (χ0v) is 11.7. The highest BCUT2D eigenvalue weighted by molar-refractivity contribution is 6.00. The fraction of sp³-hybridized carbons (Fsp3) is 0.467. The lowest BCUT2D eigenvalue weighted by molar-refractivity contribution is -0.140. The van der Waals surface area contributed by atoms with Crippen molar-refractivity contribution in [3.8, 4) is 0 Å². The highest BCUT2D eigenvalue weighted by atomic mass is 16.2. The lowest BCUT2D eigenvalue weighted by atomic mass is 10.1. The Kier molecular flexibility index (Phi) is 3.88. The molecule has 1 aliphatic heterocycles. The van der Waals surface area contributed by atoms with Gasteiger partial charge in [0.15, 0.2) is 0 Å². The summed E-state index contributed by atoms with van der Waals surface area (Å²) >= 11 is 0. The normalized spacial score (nSPS) is 19.7. The summed E-state index contributed by atoms with van der Waals surface area (Å²) in [5.74, 6) is 0.0448. The maximum Gasteiger partial charge on any atom is 0.249 e. The predicted octanol–water partition coefficient (Wildman–Crippen LogP) is 1.97. The summed E-state index contributed by atoms with van der Waals surface area (Å²) in [7, 11) is 0. The van der Waals surface area contributed by atoms with Gasteiger partial charge in [-0.05, 0) is 31.5 Å². The van der Waals surface area contributed by atoms with Gasteiger partial charge in [-0.2, -0.15) is 0 Å². The first-order valence-electron chi connectivity index (χ1n) is 6.72. The summed E-state index contributed by atoms with van der Waals surface area (Å²) in [5.41, 5.74) is 2.05. The SMILES string of the molecule is CCC(=O)N1CCN(c2cccc(C)c2)C(=O)[C@@H]1C. The number of piperazine rings is 1. The molecular formula is C15H20N2O2. The van der Waals surface area contributed by atoms with E-state index in [0.717, 1.165) is 11.3 Å². The Morgan fingerprint density at radius 2 is 2.11 bits per heavy atom. The summed E-state index contributed by atoms with van der Waals surface area (Å²) < 4.78 is 0. The lowest BCUT2D eigenvalue weighted by Crippen LogP contribution is -2.57. The van der Waals surface area contributed by atoms with E-state index in [-0.39, 0.29) is 17.9 Å². The van der Waals surface area contributed by atoms with E-state index in [2.05, 4.69) is 0 Å². The van der Waals surface area contributed by atoms with Crippen molar-refractivity contribution < 1.29 is 9.59 Å². The zero-order chi connectivity index (χ0) is 14.0. The largest absolute Gasteiger partial charge is 0.329 e. The van der Waals surface area contributed by atoms with Crippen molar-refractivity contribution in [2.24, 2.45) is 0 Å². The second-order valence-corrected chi connectivity index (χ2v) is 4.95. The van der Waals surface area contributed by atoms with E-state index in [1.54, 1.807) is 16.7 Å². The average Bonchev–Trinajstić information content (AvgIpc) is 2.41. The van der Waals surface area contributed by atoms with Crippen molar-refractivity contribution in [3.63, 3.8) is 0 Å². The smallest absolute Gasteiger partial charge is 0.249 e. The van der Waals surface area contributed by atoms with Crippen LogP contribution >= 0.6 is 0 Å². The number of hydrogen-bond acceptors (Lipinski definition) is 2. The monoisotopic (exact) mass is 260 g/mol. The van der Waals surface area contributed by atoms with E-state index >= 15 is 0 Å². The maximum atomic E-state index is 12.4. The average molecular weight is 260 g/mol. The first-order chi connectivity index (χ1) is 9.04. The maximum absolute atomic E-state index is 12.4. The minimum Gasteiger partial charge on any atom is -0.329 e. The molecule has 0 bridgehead atoms. The highest BCUT2D eigenvalue weighted by Crippen LogP contribution is 2.21. The zero-order valence-electron chi connectivity index (χ0n) is 11.7. The van der Waals surface area contributed by atoms with Crippen molar-refractivity contribution in [1.29, 1.82) is 0 Å². The van der Waals surface area contributed by atoms with Gasteiger partial charge in [0.05, 0.1) is 0 Å². The number of carbonyl (C=O) groups is 2. The van der Waals surface area contributed by atoms with Crippen molar-refractivity contribution >= 4 is 17.5 Å². The van der Waals surface area contributed by atoms with Crippen LogP contribution in [0, 0.1) is 6.92 Å². The molecule has 1 fully saturated rings. The first-order valence-corrected chi connectivity index (χ1v) is 6.72. The van der Waals surface area contributed by atoms with E-state index in [1.807, 2.05) is 38.1 Å². The van der Waals surface area contributed by atoms with Crippen molar-refractivity contribution in [2.75, 3.05) is 18.0 Å². The second kappa shape index (κ2) is 5.43. The molecule has 4 nitrogen and oxygen atoms in total. The fourth-order valence-electron chi connectivity index (χ4n) is 2.47. The quantitative estimate of drug-likeness (QED) is 0.815. The van der Waals surface area contributed by atoms with Gasteiger partial charge in [-0.3, -0.25) is 9.59 Å². The van der Waals surface area contributed by atoms with Crippen LogP contribution in [0.1, 0.15) is 25.8 Å². The molecule has 4 heteroatoms. The van der Waals surface area contributed by atoms with E-state index in [4.69, 9.17) is 0 Å². The van der Waals surface area contributed by atoms with Crippen LogP contribution in [0.5, 0.6) is 0 Å². The Labute approximate surface area is 114 Å². The highest BCUT2D eigenvalue weighted by Gasteiger charge is 2.34. The van der Waals surface area contributed by atoms with Crippen LogP contribution in [0.25, 0.3) is 0 Å². The van der Waals surface area contributed by atoms with Crippen molar-refractivity contribution in [1.82, 2.24) is 4.90 Å². The van der Waals surface area contributed by atoms with E-state index in [0.29, 0.717) is 19.5 Å². The van der Waals surface area contributed by atoms with Crippen LogP contribution in [0.4, 0.5) is 5.69 Å². The number of amides is 2. The van der Waals surface area contributed by atoms with Crippen LogP contribution in [0.3, 0.4) is 0 Å². The Morgan fingerprint density at radius 1 is 1.37 bits per heavy atom. The number of hydrogen-bond donors (Lipinski definition) is 0. The molecular weight excluding hydrogens is 240 g/mol. The van der Waals surface area contributed by atoms with Gasteiger partial charge in [0.25, 0.3) is 0 Å². The Bertz CT molecular complexity index is 499. The third kappa shape index (κ3) is 2.62. The van der Waals surface area contributed by atoms with E-state index in [1.165, 1.54) is 0 Å². The summed E-state index contributed by atoms with van der Waals surface area (Å²) in [5, 5.41) is 0. The number of nitrogens with zero attached hydrogens (tertiary/aromatic N) is 2. The minimum absolute atomic E-state index is 0.00125. The van der Waals surface area contributed by atoms with E-state index in [9.17, 15) is 9.59 Å². The van der Waals surface area contributed by atoms with Crippen LogP contribution in [0.2, 0.25) is 0 Å². The number of carbonyl (C=O) groups excluding carboxylic acids is 2. The van der Waals surface area contributed by atoms with Gasteiger partial charge < -0.3 is 9.80 Å². The standard InChI is InChI=1S/C15H20N2O2/c1-4-14(18)16-8-9-17(15(19)12(16)3)13-7-5-6-11(2)10-13/h5-7,10,12H,4,8-9H2,1-3H3/t12-/m0/s1. The fourth-order valence-corrected chi connectivity index (χ4v) is 2.47. The van der Waals surface area contributed by atoms with Gasteiger partial charge in [0.2, 0.25) is 11.8 Å². The molecule has 0 aliphatic carbocycles. The second-order valence-electron chi connectivity index (χ2n) is 4.95. The molecule has 19 heavy (non-hydrogen) atoms. The lowest BCUT2D eigenvalue weighted by Gasteiger charge is -2.39. The molecule has 1 aromatic carbocycles. The van der Waals surface area contributed by atoms with Crippen LogP contribution in [-0.2, 0) is 9.59 Å². The molecule has 0 saturated carbocycles. The molecule has 0 N–H and O–H groups in total. The van der Waals surface area contributed by atoms with Crippen LogP contribution in [0.15, 0.2) is 24.3 Å². The Morgan fingerprint density at radius 3 is 2.74 bits per heavy atom. The third-order valence-electron chi connectivity index (χ3n) is 3.59. The predicted molar refractivity (Wildman–Crippen MR) is 75.0 cm³/mol. The molecule has 0 spiro atoms. The summed E-state index contributed by atoms with van der Waals surface area (Å²) in [4.78, 5) is 27.6. The molecule has 102 valence electrons. The number of benzene rings is 1. The van der Waals surface area contributed by atoms with Crippen molar-refractivity contribution in [3.05, 3.63) is 29.8 Å². The van der Waals surface area contributed by atoms with Gasteiger partial charge in [-0.15, -0.1) is 0 Å². The number of rotatable bonds is 2. The van der Waals surface area contributed by atoms with Gasteiger partial charge in [0.1, 0.15) is 6.04 Å². The van der Waals surface area contributed by atoms with Crippen LogP contribution < -0.4 is 4.90 Å². The molecule has 1 aliphatic rings. The Hall–Kier alpha value is -1.84. The topological polar surface area (TPSA) is 40.6 Å². The summed E-state index contributed by atoms with van der Waals surface area (Å²) in [6.07, 6.45) is 0.446. The summed E-state index contributed by atoms with van der Waals surface area (Å²) in [6, 6.07) is 7.53. The Balaban J connectivity index is 2.20. The van der Waals surface area contributed by atoms with Gasteiger partial charge in [-0.25, -0.2) is 0 Å². The first kappa shape index (κ1) is 13.6. The molecule has 2 amide bonds. The third-order valence-corrected chi connectivity index (χ3v) is 3.59. The molecule has 0 unspecified atom stereocenters. The van der Waals surface area contributed by atoms with Gasteiger partial charge >= 0.3 is 0 Å². The molecule has 1 saturated heterocycles. The molecule has 0 aromatic heterocycles. The van der Waals surface area contributed by atoms with Crippen molar-refractivity contribution in [2.45, 2.75) is 33.2 Å². The molecule has 2 rings (SSSR count). The van der Waals surface area contributed by atoms with Gasteiger partial charge in [-0.1, -0.05) is 19.1 Å². The minimum atomic E-state index is -0.373. The number of anilines is 1. The van der Waals surface area contributed by atoms with Gasteiger partial charge in [0, 0.05) is 25.2 Å². The molecule has 1 aromatic rings. The van der Waals surface area contributed by atoms with Crippen LogP contribution in [-0.4, -0.2) is 35.8 Å². The molecule has 1 heterocycles. The van der Waals surface area contributed by atoms with E-state index < -0.39 is 0 Å². The summed E-state index contributed by atoms with van der Waals surface area (Å²) in [6.45, 7) is 6.81.